The lowest BCUT2D eigenvalue weighted by atomic mass is 9.77. The van der Waals surface area contributed by atoms with Gasteiger partial charge >= 0.3 is 21.4 Å². The number of aliphatic hydroxyl groups excluding tert-OH is 3. The first-order valence-electron chi connectivity index (χ1n) is 18.7. The third-order valence-corrected chi connectivity index (χ3v) is 10.0. The molecule has 0 aromatic carbocycles. The van der Waals surface area contributed by atoms with Gasteiger partial charge in [0.1, 0.15) is 0 Å². The van der Waals surface area contributed by atoms with Crippen LogP contribution in [0.2, 0.25) is 0 Å². The zero-order chi connectivity index (χ0) is 42.6. The number of hydrogen-bond donors (Lipinski definition) is 13. The second kappa shape index (κ2) is 23.1. The van der Waals surface area contributed by atoms with Crippen molar-refractivity contribution >= 4 is 45.0 Å². The van der Waals surface area contributed by atoms with Crippen LogP contribution >= 0.6 is 0 Å². The molecule has 17 N–H and O–H groups in total. The van der Waals surface area contributed by atoms with E-state index in [0.717, 1.165) is 6.42 Å². The summed E-state index contributed by atoms with van der Waals surface area (Å²) in [4.78, 5) is 51.9. The number of carbonyl (C=O) groups excluding carboxylic acids is 4. The van der Waals surface area contributed by atoms with E-state index in [9.17, 15) is 29.4 Å². The fraction of sp³-hybridized carbons (Fsp3) is 0.871. The molecular formula is C31H65B3N8O13. The fourth-order valence-electron chi connectivity index (χ4n) is 7.10. The van der Waals surface area contributed by atoms with E-state index in [1.807, 2.05) is 13.8 Å². The maximum atomic E-state index is 11.7. The number of nitrogens with two attached hydrogens (primary N) is 4. The van der Waals surface area contributed by atoms with Crippen molar-refractivity contribution in [3.05, 3.63) is 0 Å². The molecule has 0 bridgehead atoms. The van der Waals surface area contributed by atoms with Crippen molar-refractivity contribution in [3.8, 4) is 0 Å². The van der Waals surface area contributed by atoms with Crippen LogP contribution < -0.4 is 22.9 Å². The maximum Gasteiger partial charge on any atom is 0.475 e. The zero-order valence-electron chi connectivity index (χ0n) is 32.8. The fourth-order valence-corrected chi connectivity index (χ4v) is 7.10. The monoisotopic (exact) mass is 790 g/mol. The largest absolute Gasteiger partial charge is 0.475 e. The molecule has 4 aliphatic heterocycles. The molecule has 0 aromatic rings. The molecule has 316 valence electrons. The van der Waals surface area contributed by atoms with Crippen LogP contribution in [-0.2, 0) is 19.2 Å². The minimum atomic E-state index is -1.63. The average Bonchev–Trinajstić information content (AvgIpc) is 3.88. The van der Waals surface area contributed by atoms with Crippen molar-refractivity contribution in [1.29, 1.82) is 0 Å². The van der Waals surface area contributed by atoms with Crippen LogP contribution in [0, 0.1) is 0 Å². The van der Waals surface area contributed by atoms with Crippen LogP contribution in [0.3, 0.4) is 0 Å². The van der Waals surface area contributed by atoms with Crippen LogP contribution in [0.4, 0.5) is 0 Å². The van der Waals surface area contributed by atoms with E-state index in [4.69, 9.17) is 58.2 Å². The van der Waals surface area contributed by atoms with Gasteiger partial charge in [0.15, 0.2) is 0 Å². The Labute approximate surface area is 324 Å². The maximum absolute atomic E-state index is 11.7. The number of rotatable bonds is 8. The molecule has 0 saturated carbocycles. The Morgan fingerprint density at radius 2 is 0.945 bits per heavy atom. The van der Waals surface area contributed by atoms with Gasteiger partial charge < -0.3 is 88.0 Å². The van der Waals surface area contributed by atoms with E-state index in [-0.39, 0.29) is 67.4 Å². The Hall–Kier alpha value is -2.45. The van der Waals surface area contributed by atoms with E-state index < -0.39 is 69.5 Å². The Bertz CT molecular complexity index is 1220. The highest BCUT2D eigenvalue weighted by atomic mass is 16.4. The van der Waals surface area contributed by atoms with Crippen molar-refractivity contribution in [2.45, 2.75) is 152 Å². The number of likely N-dealkylation sites (tertiary alicyclic amines) is 4. The number of amides is 4. The van der Waals surface area contributed by atoms with Crippen molar-refractivity contribution in [3.63, 3.8) is 0 Å². The summed E-state index contributed by atoms with van der Waals surface area (Å²) < 4.78 is 0. The van der Waals surface area contributed by atoms with Gasteiger partial charge in [-0.15, -0.1) is 0 Å². The van der Waals surface area contributed by atoms with E-state index in [1.54, 1.807) is 18.7 Å². The first-order chi connectivity index (χ1) is 25.4. The van der Waals surface area contributed by atoms with Gasteiger partial charge in [-0.2, -0.15) is 0 Å². The SMILES string of the molecule is CC1CC[C@@H](B(O)O)N1C(=O)[C@H](C)N.C[C@@H](N)C(=O)N1C(CO)CCC1B(O)O.C[C@H](N)C(=O)N1C[C@@H](O)C[C@H]1B(O)O.C[C@H](N)C(=O)N1C[C@H](O)C[C@H]1C. The normalized spacial score (nSPS) is 29.4. The minimum Gasteiger partial charge on any atom is -0.426 e. The van der Waals surface area contributed by atoms with Crippen molar-refractivity contribution in [2.75, 3.05) is 19.7 Å². The highest BCUT2D eigenvalue weighted by Crippen LogP contribution is 2.26. The summed E-state index contributed by atoms with van der Waals surface area (Å²) in [5.41, 5.74) is 21.8. The number of nitrogens with zero attached hydrogens (tertiary/aromatic N) is 4. The summed E-state index contributed by atoms with van der Waals surface area (Å²) >= 11 is 0. The molecule has 4 rings (SSSR count). The number of carbonyl (C=O) groups is 4. The average molecular weight is 790 g/mol. The van der Waals surface area contributed by atoms with Gasteiger partial charge in [-0.3, -0.25) is 19.2 Å². The van der Waals surface area contributed by atoms with Gasteiger partial charge in [0.2, 0.25) is 23.6 Å². The summed E-state index contributed by atoms with van der Waals surface area (Å²) in [6, 6.07) is -2.62. The van der Waals surface area contributed by atoms with Gasteiger partial charge in [-0.1, -0.05) is 0 Å². The van der Waals surface area contributed by atoms with Gasteiger partial charge in [-0.25, -0.2) is 0 Å². The van der Waals surface area contributed by atoms with Gasteiger partial charge in [0.25, 0.3) is 0 Å². The standard InChI is InChI=1S/C8H17BN2O4.C8H17BN2O3.C8H16N2O2.C7H15BN2O4/c1-5(10)8(13)11-6(4-12)2-3-7(11)9(14)15;1-5-3-4-7(9(13)14)11(5)8(12)6(2)10;1-5-3-7(11)4-10(5)8(12)6(2)9;1-4(9)7(12)10-3-5(11)2-6(10)8(13)14/h5-7,12,14-15H,2-4,10H2,1H3;5-7,13-14H,3-4,10H2,1-2H3;5-7,11H,3-4,9H2,1-2H3;4-6,11,13-14H,2-3,9H2,1H3/t5-,6?,7?;5?,6-,7-;5-,6+,7-;4-,5-,6-/m1010/s1. The molecule has 4 saturated heterocycles. The van der Waals surface area contributed by atoms with Crippen molar-refractivity contribution in [2.24, 2.45) is 22.9 Å². The number of hydrogen-bond acceptors (Lipinski definition) is 17. The third-order valence-electron chi connectivity index (χ3n) is 10.0. The second-order valence-corrected chi connectivity index (χ2v) is 15.0. The number of aliphatic hydroxyl groups is 3. The van der Waals surface area contributed by atoms with E-state index >= 15 is 0 Å². The second-order valence-electron chi connectivity index (χ2n) is 15.0. The van der Waals surface area contributed by atoms with Crippen LogP contribution in [0.25, 0.3) is 0 Å². The summed E-state index contributed by atoms with van der Waals surface area (Å²) in [5.74, 6) is -2.91. The van der Waals surface area contributed by atoms with E-state index in [1.165, 1.54) is 28.5 Å². The molecule has 4 aliphatic rings. The Kier molecular flexibility index (Phi) is 21.2. The lowest BCUT2D eigenvalue weighted by molar-refractivity contribution is -0.135. The van der Waals surface area contributed by atoms with Crippen LogP contribution in [0.15, 0.2) is 0 Å². The highest BCUT2D eigenvalue weighted by molar-refractivity contribution is 6.44. The lowest BCUT2D eigenvalue weighted by Crippen LogP contribution is -2.54. The molecule has 0 aliphatic carbocycles. The van der Waals surface area contributed by atoms with E-state index in [2.05, 4.69) is 0 Å². The van der Waals surface area contributed by atoms with Crippen molar-refractivity contribution in [1.82, 2.24) is 19.6 Å². The molecule has 3 unspecified atom stereocenters. The summed E-state index contributed by atoms with van der Waals surface area (Å²) in [6.07, 6.45) is 2.22. The smallest absolute Gasteiger partial charge is 0.426 e. The highest BCUT2D eigenvalue weighted by Gasteiger charge is 2.44. The lowest BCUT2D eigenvalue weighted by Gasteiger charge is -2.30. The predicted octanol–water partition coefficient (Wildman–Crippen LogP) is -6.95. The van der Waals surface area contributed by atoms with Crippen LogP contribution in [0.5, 0.6) is 0 Å². The molecular weight excluding hydrogens is 725 g/mol. The summed E-state index contributed by atoms with van der Waals surface area (Å²) in [5, 5.41) is 82.0. The first kappa shape index (κ1) is 50.6. The van der Waals surface area contributed by atoms with Gasteiger partial charge in [0, 0.05) is 25.2 Å². The number of β-amino-alcohol motifs (C(OH)–C–C–N with tert-alkyl or cyclic N) is 2. The molecule has 4 heterocycles. The molecule has 0 radical (unpaired) electrons. The summed E-state index contributed by atoms with van der Waals surface area (Å²) in [6.45, 7) is 10.5. The molecule has 4 fully saturated rings. The Morgan fingerprint density at radius 1 is 0.564 bits per heavy atom. The Morgan fingerprint density at radius 3 is 1.35 bits per heavy atom. The third kappa shape index (κ3) is 14.5. The molecule has 21 nitrogen and oxygen atoms in total. The van der Waals surface area contributed by atoms with Crippen LogP contribution in [0.1, 0.15) is 80.1 Å². The molecule has 4 amide bonds. The summed E-state index contributed by atoms with van der Waals surface area (Å²) in [7, 11) is -4.68. The topological polar surface area (TPSA) is 367 Å². The minimum absolute atomic E-state index is 0.0419. The van der Waals surface area contributed by atoms with Crippen LogP contribution in [-0.4, -0.2) is 202 Å². The molecule has 0 spiro atoms. The first-order valence-corrected chi connectivity index (χ1v) is 18.7. The molecule has 24 heteroatoms. The molecule has 0 aromatic heterocycles. The quantitative estimate of drug-likeness (QED) is 0.102. The van der Waals surface area contributed by atoms with Crippen molar-refractivity contribution < 1.29 is 64.6 Å². The Balaban J connectivity index is 0.000000368. The zero-order valence-corrected chi connectivity index (χ0v) is 32.8. The predicted molar refractivity (Wildman–Crippen MR) is 203 cm³/mol. The van der Waals surface area contributed by atoms with Gasteiger partial charge in [0.05, 0.1) is 66.8 Å². The van der Waals surface area contributed by atoms with E-state index in [0.29, 0.717) is 32.2 Å². The molecule has 12 atom stereocenters. The van der Waals surface area contributed by atoms with Gasteiger partial charge in [-0.05, 0) is 80.1 Å². The molecule has 55 heavy (non-hydrogen) atoms.